The molecule has 0 aliphatic rings. The predicted octanol–water partition coefficient (Wildman–Crippen LogP) is 2.19. The Balaban J connectivity index is 3.06. The highest BCUT2D eigenvalue weighted by Crippen LogP contribution is 2.24. The van der Waals surface area contributed by atoms with Crippen LogP contribution in [0.25, 0.3) is 10.8 Å². The number of hydrogen-bond donors (Lipinski definition) is 1. The van der Waals surface area contributed by atoms with Crippen LogP contribution in [-0.2, 0) is 7.05 Å². The van der Waals surface area contributed by atoms with Crippen LogP contribution in [0.3, 0.4) is 0 Å². The topological polar surface area (TPSA) is 48.0 Å². The van der Waals surface area contributed by atoms with Crippen LogP contribution in [-0.4, -0.2) is 4.57 Å². The molecule has 0 unspecified atom stereocenters. The lowest BCUT2D eigenvalue weighted by Crippen LogP contribution is -2.19. The predicted molar refractivity (Wildman–Crippen MR) is 66.0 cm³/mol. The van der Waals surface area contributed by atoms with E-state index in [0.717, 1.165) is 15.6 Å². The molecule has 0 atom stereocenters. The van der Waals surface area contributed by atoms with Crippen LogP contribution in [0.15, 0.2) is 27.5 Å². The van der Waals surface area contributed by atoms with Gasteiger partial charge in [-0.05, 0) is 25.1 Å². The van der Waals surface area contributed by atoms with Crippen molar-refractivity contribution in [3.63, 3.8) is 0 Å². The summed E-state index contributed by atoms with van der Waals surface area (Å²) in [4.78, 5) is 11.9. The van der Waals surface area contributed by atoms with E-state index in [1.807, 2.05) is 13.0 Å². The number of fused-ring (bicyclic) bond motifs is 1. The van der Waals surface area contributed by atoms with Crippen molar-refractivity contribution in [2.24, 2.45) is 7.05 Å². The number of benzene rings is 1. The van der Waals surface area contributed by atoms with E-state index in [4.69, 9.17) is 5.73 Å². The Hall–Kier alpha value is -1.29. The number of nitrogens with two attached hydrogens (primary N) is 1. The lowest BCUT2D eigenvalue weighted by molar-refractivity contribution is 0.830. The first-order valence-electron chi connectivity index (χ1n) is 4.56. The van der Waals surface area contributed by atoms with Crippen LogP contribution in [0.2, 0.25) is 0 Å². The van der Waals surface area contributed by atoms with Gasteiger partial charge in [-0.25, -0.2) is 0 Å². The number of anilines is 1. The molecule has 1 aromatic carbocycles. The van der Waals surface area contributed by atoms with Gasteiger partial charge in [0.05, 0.1) is 5.39 Å². The van der Waals surface area contributed by atoms with Gasteiger partial charge in [0.25, 0.3) is 5.56 Å². The number of aromatic nitrogens is 1. The molecule has 0 saturated carbocycles. The maximum atomic E-state index is 11.9. The Morgan fingerprint density at radius 3 is 2.60 bits per heavy atom. The zero-order valence-electron chi connectivity index (χ0n) is 8.54. The highest BCUT2D eigenvalue weighted by Gasteiger charge is 2.07. The average molecular weight is 267 g/mol. The third-order valence-electron chi connectivity index (χ3n) is 2.59. The van der Waals surface area contributed by atoms with E-state index in [2.05, 4.69) is 15.9 Å². The Morgan fingerprint density at radius 1 is 1.27 bits per heavy atom. The molecule has 0 aliphatic heterocycles. The van der Waals surface area contributed by atoms with Gasteiger partial charge in [-0.2, -0.15) is 0 Å². The molecular formula is C11H11BrN2O. The Bertz CT molecular complexity index is 602. The number of nitrogen functional groups attached to an aromatic ring is 1. The molecule has 0 amide bonds. The van der Waals surface area contributed by atoms with Crippen molar-refractivity contribution in [2.45, 2.75) is 6.92 Å². The summed E-state index contributed by atoms with van der Waals surface area (Å²) in [5.41, 5.74) is 7.38. The molecule has 2 N–H and O–H groups in total. The summed E-state index contributed by atoms with van der Waals surface area (Å²) >= 11 is 3.33. The molecule has 0 spiro atoms. The van der Waals surface area contributed by atoms with Gasteiger partial charge in [-0.1, -0.05) is 15.9 Å². The summed E-state index contributed by atoms with van der Waals surface area (Å²) in [5.74, 6) is 0. The second-order valence-corrected chi connectivity index (χ2v) is 4.52. The van der Waals surface area contributed by atoms with E-state index in [0.29, 0.717) is 11.1 Å². The summed E-state index contributed by atoms with van der Waals surface area (Å²) in [5, 5.41) is 1.47. The maximum Gasteiger partial charge on any atom is 0.258 e. The van der Waals surface area contributed by atoms with Crippen LogP contribution in [0, 0.1) is 6.92 Å². The minimum atomic E-state index is -0.0157. The Labute approximate surface area is 95.6 Å². The van der Waals surface area contributed by atoms with Gasteiger partial charge in [0.1, 0.15) is 0 Å². The fourth-order valence-corrected chi connectivity index (χ4v) is 2.10. The molecule has 0 radical (unpaired) electrons. The maximum absolute atomic E-state index is 11.9. The molecular weight excluding hydrogens is 256 g/mol. The number of nitrogens with zero attached hydrogens (tertiary/aromatic N) is 1. The second kappa shape index (κ2) is 3.38. The van der Waals surface area contributed by atoms with Crippen molar-refractivity contribution < 1.29 is 0 Å². The fraction of sp³-hybridized carbons (Fsp3) is 0.182. The molecule has 0 bridgehead atoms. The van der Waals surface area contributed by atoms with Gasteiger partial charge in [0.2, 0.25) is 0 Å². The largest absolute Gasteiger partial charge is 0.398 e. The van der Waals surface area contributed by atoms with Gasteiger partial charge in [-0.15, -0.1) is 0 Å². The summed E-state index contributed by atoms with van der Waals surface area (Å²) in [7, 11) is 1.76. The van der Waals surface area contributed by atoms with Crippen molar-refractivity contribution in [3.05, 3.63) is 38.7 Å². The third-order valence-corrected chi connectivity index (χ3v) is 3.05. The molecule has 0 saturated heterocycles. The van der Waals surface area contributed by atoms with E-state index in [-0.39, 0.29) is 5.56 Å². The number of rotatable bonds is 0. The molecule has 2 aromatic rings. The van der Waals surface area contributed by atoms with Gasteiger partial charge in [0, 0.05) is 28.3 Å². The molecule has 78 valence electrons. The van der Waals surface area contributed by atoms with Crippen molar-refractivity contribution >= 4 is 32.4 Å². The van der Waals surface area contributed by atoms with Crippen molar-refractivity contribution in [1.82, 2.24) is 4.57 Å². The molecule has 15 heavy (non-hydrogen) atoms. The van der Waals surface area contributed by atoms with Crippen LogP contribution in [0.5, 0.6) is 0 Å². The first-order valence-corrected chi connectivity index (χ1v) is 5.35. The minimum absolute atomic E-state index is 0.0157. The van der Waals surface area contributed by atoms with E-state index >= 15 is 0 Å². The van der Waals surface area contributed by atoms with Gasteiger partial charge in [0.15, 0.2) is 0 Å². The molecule has 3 nitrogen and oxygen atoms in total. The SMILES string of the molecule is Cc1cc2c(N)cc(Br)cc2c(=O)n1C. The zero-order chi connectivity index (χ0) is 11.2. The van der Waals surface area contributed by atoms with Gasteiger partial charge >= 0.3 is 0 Å². The highest BCUT2D eigenvalue weighted by atomic mass is 79.9. The smallest absolute Gasteiger partial charge is 0.258 e. The Morgan fingerprint density at radius 2 is 1.93 bits per heavy atom. The van der Waals surface area contributed by atoms with Crippen molar-refractivity contribution in [2.75, 3.05) is 5.73 Å². The van der Waals surface area contributed by atoms with Crippen LogP contribution >= 0.6 is 15.9 Å². The van der Waals surface area contributed by atoms with Gasteiger partial charge in [-0.3, -0.25) is 4.79 Å². The second-order valence-electron chi connectivity index (χ2n) is 3.61. The first kappa shape index (κ1) is 10.2. The third kappa shape index (κ3) is 1.55. The minimum Gasteiger partial charge on any atom is -0.398 e. The molecule has 1 heterocycles. The number of halogens is 1. The summed E-state index contributed by atoms with van der Waals surface area (Å²) in [6.45, 7) is 1.89. The standard InChI is InChI=1S/C11H11BrN2O/c1-6-3-8-9(11(15)14(6)2)4-7(12)5-10(8)13/h3-5H,13H2,1-2H3. The lowest BCUT2D eigenvalue weighted by Gasteiger charge is -2.08. The molecule has 0 fully saturated rings. The van der Waals surface area contributed by atoms with Crippen molar-refractivity contribution in [1.29, 1.82) is 0 Å². The number of aryl methyl sites for hydroxylation is 1. The Kier molecular flexibility index (Phi) is 2.31. The summed E-state index contributed by atoms with van der Waals surface area (Å²) < 4.78 is 2.45. The zero-order valence-corrected chi connectivity index (χ0v) is 10.1. The average Bonchev–Trinajstić information content (AvgIpc) is 2.17. The van der Waals surface area contributed by atoms with E-state index in [1.165, 1.54) is 0 Å². The van der Waals surface area contributed by atoms with Crippen LogP contribution in [0.4, 0.5) is 5.69 Å². The molecule has 0 aliphatic carbocycles. The molecule has 4 heteroatoms. The highest BCUT2D eigenvalue weighted by molar-refractivity contribution is 9.10. The number of hydrogen-bond acceptors (Lipinski definition) is 2. The van der Waals surface area contributed by atoms with E-state index < -0.39 is 0 Å². The van der Waals surface area contributed by atoms with Crippen LogP contribution in [0.1, 0.15) is 5.69 Å². The first-order chi connectivity index (χ1) is 7.00. The molecule has 2 rings (SSSR count). The normalized spacial score (nSPS) is 10.9. The van der Waals surface area contributed by atoms with Crippen molar-refractivity contribution in [3.8, 4) is 0 Å². The van der Waals surface area contributed by atoms with E-state index in [9.17, 15) is 4.79 Å². The summed E-state index contributed by atoms with van der Waals surface area (Å²) in [6, 6.07) is 5.53. The quantitative estimate of drug-likeness (QED) is 0.744. The van der Waals surface area contributed by atoms with Crippen LogP contribution < -0.4 is 11.3 Å². The number of pyridine rings is 1. The lowest BCUT2D eigenvalue weighted by atomic mass is 10.1. The van der Waals surface area contributed by atoms with E-state index in [1.54, 1.807) is 23.7 Å². The summed E-state index contributed by atoms with van der Waals surface area (Å²) in [6.07, 6.45) is 0. The molecule has 1 aromatic heterocycles. The monoisotopic (exact) mass is 266 g/mol. The van der Waals surface area contributed by atoms with Gasteiger partial charge < -0.3 is 10.3 Å². The fourth-order valence-electron chi connectivity index (χ4n) is 1.62.